The quantitative estimate of drug-likeness (QED) is 0.714. The predicted molar refractivity (Wildman–Crippen MR) is 104 cm³/mol. The molecule has 1 saturated heterocycles. The number of sulfonamides is 1. The van der Waals surface area contributed by atoms with Gasteiger partial charge in [0, 0.05) is 25.0 Å². The van der Waals surface area contributed by atoms with Crippen LogP contribution in [0.5, 0.6) is 0 Å². The third-order valence-electron chi connectivity index (χ3n) is 5.67. The number of ether oxygens (including phenoxy) is 1. The minimum absolute atomic E-state index is 0.177. The number of H-pyrrole nitrogens is 1. The fourth-order valence-corrected chi connectivity index (χ4v) is 5.81. The summed E-state index contributed by atoms with van der Waals surface area (Å²) in [5.74, 6) is 1.80. The molecule has 2 fully saturated rings. The first-order valence-electron chi connectivity index (χ1n) is 9.52. The smallest absolute Gasteiger partial charge is 0.244 e. The molecule has 0 bridgehead atoms. The molecule has 2 aliphatic rings. The molecule has 0 radical (unpaired) electrons. The maximum Gasteiger partial charge on any atom is 0.244 e. The molecule has 1 aliphatic heterocycles. The van der Waals surface area contributed by atoms with Gasteiger partial charge in [0.15, 0.2) is 5.82 Å². The number of rotatable bonds is 5. The number of methoxy groups -OCH3 is 1. The molecule has 1 N–H and O–H groups in total. The highest BCUT2D eigenvalue weighted by molar-refractivity contribution is 7.89. The van der Waals surface area contributed by atoms with E-state index in [1.54, 1.807) is 19.2 Å². The van der Waals surface area contributed by atoms with Gasteiger partial charge in [0.25, 0.3) is 0 Å². The highest BCUT2D eigenvalue weighted by Gasteiger charge is 2.43. The van der Waals surface area contributed by atoms with Gasteiger partial charge in [-0.3, -0.25) is 5.10 Å². The molecule has 0 unspecified atom stereocenters. The lowest BCUT2D eigenvalue weighted by Crippen LogP contribution is -2.32. The number of aromatic nitrogens is 3. The van der Waals surface area contributed by atoms with Crippen molar-refractivity contribution in [3.63, 3.8) is 0 Å². The molecule has 7 nitrogen and oxygen atoms in total. The van der Waals surface area contributed by atoms with Crippen LogP contribution < -0.4 is 0 Å². The molecule has 28 heavy (non-hydrogen) atoms. The summed E-state index contributed by atoms with van der Waals surface area (Å²) in [6, 6.07) is 12.5. The van der Waals surface area contributed by atoms with Gasteiger partial charge in [-0.15, -0.1) is 0 Å². The van der Waals surface area contributed by atoms with E-state index in [0.717, 1.165) is 29.4 Å². The fraction of sp³-hybridized carbons (Fsp3) is 0.400. The van der Waals surface area contributed by atoms with Crippen molar-refractivity contribution in [3.05, 3.63) is 54.1 Å². The lowest BCUT2D eigenvalue weighted by Gasteiger charge is -2.23. The van der Waals surface area contributed by atoms with Crippen molar-refractivity contribution in [2.24, 2.45) is 0 Å². The molecule has 0 spiro atoms. The normalized spacial score (nSPS) is 23.5. The van der Waals surface area contributed by atoms with Gasteiger partial charge in [0.1, 0.15) is 5.82 Å². The molecule has 8 heteroatoms. The van der Waals surface area contributed by atoms with Gasteiger partial charge in [0.2, 0.25) is 10.0 Å². The van der Waals surface area contributed by atoms with E-state index in [0.29, 0.717) is 29.6 Å². The monoisotopic (exact) mass is 398 g/mol. The Bertz CT molecular complexity index is 1120. The summed E-state index contributed by atoms with van der Waals surface area (Å²) >= 11 is 0. The molecule has 1 aliphatic carbocycles. The van der Waals surface area contributed by atoms with E-state index in [-0.39, 0.29) is 6.10 Å². The Kier molecular flexibility index (Phi) is 4.22. The van der Waals surface area contributed by atoms with Crippen molar-refractivity contribution in [1.29, 1.82) is 0 Å². The van der Waals surface area contributed by atoms with Crippen molar-refractivity contribution in [1.82, 2.24) is 19.5 Å². The average molecular weight is 398 g/mol. The molecule has 1 saturated carbocycles. The number of nitrogens with one attached hydrogen (secondary N) is 1. The van der Waals surface area contributed by atoms with Crippen molar-refractivity contribution in [2.75, 3.05) is 13.7 Å². The second kappa shape index (κ2) is 6.65. The van der Waals surface area contributed by atoms with Crippen molar-refractivity contribution in [2.45, 2.75) is 42.2 Å². The molecular formula is C20H22N4O3S. The first kappa shape index (κ1) is 17.8. The number of aromatic amines is 1. The Hall–Kier alpha value is -2.29. The summed E-state index contributed by atoms with van der Waals surface area (Å²) in [6.45, 7) is 0.298. The lowest BCUT2D eigenvalue weighted by molar-refractivity contribution is 0.114. The Morgan fingerprint density at radius 2 is 1.93 bits per heavy atom. The minimum Gasteiger partial charge on any atom is -0.380 e. The topological polar surface area (TPSA) is 88.2 Å². The van der Waals surface area contributed by atoms with Crippen LogP contribution in [0.2, 0.25) is 0 Å². The maximum atomic E-state index is 13.7. The zero-order chi connectivity index (χ0) is 19.3. The van der Waals surface area contributed by atoms with Crippen LogP contribution >= 0.6 is 0 Å². The van der Waals surface area contributed by atoms with Crippen LogP contribution in [-0.2, 0) is 14.8 Å². The molecular weight excluding hydrogens is 376 g/mol. The molecule has 0 amide bonds. The third-order valence-corrected chi connectivity index (χ3v) is 7.60. The highest BCUT2D eigenvalue weighted by Crippen LogP contribution is 2.41. The lowest BCUT2D eigenvalue weighted by atomic mass is 10.1. The number of fused-ring (bicyclic) bond motifs is 1. The SMILES string of the molecule is CO[C@@H]1C[C@@H](c2nc(C3CC3)n[nH]2)N(S(=O)(=O)c2cccc3ccccc23)C1. The second-order valence-corrected chi connectivity index (χ2v) is 9.37. The Labute approximate surface area is 163 Å². The first-order valence-corrected chi connectivity index (χ1v) is 11.0. The van der Waals surface area contributed by atoms with Crippen molar-refractivity contribution >= 4 is 20.8 Å². The summed E-state index contributed by atoms with van der Waals surface area (Å²) in [7, 11) is -2.12. The van der Waals surface area contributed by atoms with Crippen LogP contribution in [0, 0.1) is 0 Å². The summed E-state index contributed by atoms with van der Waals surface area (Å²) in [6.07, 6.45) is 2.57. The van der Waals surface area contributed by atoms with Crippen LogP contribution in [0.1, 0.15) is 42.9 Å². The first-order chi connectivity index (χ1) is 13.6. The summed E-state index contributed by atoms with van der Waals surface area (Å²) in [5, 5.41) is 8.92. The van der Waals surface area contributed by atoms with E-state index in [9.17, 15) is 8.42 Å². The Balaban J connectivity index is 1.57. The number of hydrogen-bond donors (Lipinski definition) is 1. The van der Waals surface area contributed by atoms with Gasteiger partial charge < -0.3 is 4.74 Å². The standard InChI is InChI=1S/C20H22N4O3S/c1-27-15-11-17(20-21-19(22-23-20)14-9-10-14)24(12-15)28(25,26)18-8-4-6-13-5-2-3-7-16(13)18/h2-8,14-15,17H,9-12H2,1H3,(H,21,22,23)/t15-,17+/m1/s1. The highest BCUT2D eigenvalue weighted by atomic mass is 32.2. The predicted octanol–water partition coefficient (Wildman–Crippen LogP) is 2.99. The zero-order valence-electron chi connectivity index (χ0n) is 15.6. The number of nitrogens with zero attached hydrogens (tertiary/aromatic N) is 3. The van der Waals surface area contributed by atoms with Gasteiger partial charge in [-0.2, -0.15) is 9.40 Å². The van der Waals surface area contributed by atoms with E-state index in [1.807, 2.05) is 30.3 Å². The van der Waals surface area contributed by atoms with Crippen LogP contribution in [0.15, 0.2) is 47.4 Å². The molecule has 3 aromatic rings. The third kappa shape index (κ3) is 2.92. The van der Waals surface area contributed by atoms with E-state index in [2.05, 4.69) is 15.2 Å². The van der Waals surface area contributed by atoms with Gasteiger partial charge in [-0.1, -0.05) is 36.4 Å². The average Bonchev–Trinajstić information content (AvgIpc) is 3.28. The Morgan fingerprint density at radius 3 is 2.71 bits per heavy atom. The van der Waals surface area contributed by atoms with Crippen LogP contribution in [0.25, 0.3) is 10.8 Å². The number of benzene rings is 2. The van der Waals surface area contributed by atoms with E-state index in [1.165, 1.54) is 4.31 Å². The molecule has 5 rings (SSSR count). The maximum absolute atomic E-state index is 13.7. The second-order valence-electron chi connectivity index (χ2n) is 7.51. The number of hydrogen-bond acceptors (Lipinski definition) is 5. The molecule has 2 atom stereocenters. The van der Waals surface area contributed by atoms with Crippen LogP contribution in [-0.4, -0.2) is 47.7 Å². The van der Waals surface area contributed by atoms with Crippen molar-refractivity contribution < 1.29 is 13.2 Å². The van der Waals surface area contributed by atoms with Gasteiger partial charge in [-0.05, 0) is 30.7 Å². The Morgan fingerprint density at radius 1 is 1.14 bits per heavy atom. The molecule has 2 heterocycles. The van der Waals surface area contributed by atoms with Gasteiger partial charge in [-0.25, -0.2) is 13.4 Å². The van der Waals surface area contributed by atoms with Gasteiger partial charge in [0.05, 0.1) is 17.0 Å². The molecule has 1 aromatic heterocycles. The molecule has 2 aromatic carbocycles. The fourth-order valence-electron chi connectivity index (χ4n) is 3.96. The zero-order valence-corrected chi connectivity index (χ0v) is 16.4. The van der Waals surface area contributed by atoms with E-state index in [4.69, 9.17) is 4.74 Å². The summed E-state index contributed by atoms with van der Waals surface area (Å²) in [5.41, 5.74) is 0. The summed E-state index contributed by atoms with van der Waals surface area (Å²) < 4.78 is 34.3. The van der Waals surface area contributed by atoms with E-state index >= 15 is 0 Å². The largest absolute Gasteiger partial charge is 0.380 e. The van der Waals surface area contributed by atoms with Crippen LogP contribution in [0.3, 0.4) is 0 Å². The van der Waals surface area contributed by atoms with Crippen molar-refractivity contribution in [3.8, 4) is 0 Å². The van der Waals surface area contributed by atoms with Gasteiger partial charge >= 0.3 is 0 Å². The molecule has 146 valence electrons. The minimum atomic E-state index is -3.74. The summed E-state index contributed by atoms with van der Waals surface area (Å²) in [4.78, 5) is 4.93. The van der Waals surface area contributed by atoms with Crippen LogP contribution in [0.4, 0.5) is 0 Å². The van der Waals surface area contributed by atoms with E-state index < -0.39 is 16.1 Å².